The van der Waals surface area contributed by atoms with E-state index in [9.17, 15) is 8.42 Å². The molecular weight excluding hydrogens is 316 g/mol. The SMILES string of the molecule is CCn1cc(S(=O)(=O)N2CCCC(Cc3nncn3C)C2)cn1. The van der Waals surface area contributed by atoms with E-state index in [0.717, 1.165) is 25.1 Å². The summed E-state index contributed by atoms with van der Waals surface area (Å²) < 4.78 is 30.6. The molecule has 1 atom stereocenters. The number of aryl methyl sites for hydroxylation is 2. The summed E-state index contributed by atoms with van der Waals surface area (Å²) >= 11 is 0. The van der Waals surface area contributed by atoms with Gasteiger partial charge in [0.1, 0.15) is 17.0 Å². The number of aromatic nitrogens is 5. The molecule has 0 aromatic carbocycles. The van der Waals surface area contributed by atoms with Crippen molar-refractivity contribution >= 4 is 10.0 Å². The molecule has 126 valence electrons. The fraction of sp³-hybridized carbons (Fsp3) is 0.643. The van der Waals surface area contributed by atoms with Crippen LogP contribution < -0.4 is 0 Å². The lowest BCUT2D eigenvalue weighted by molar-refractivity contribution is 0.262. The van der Waals surface area contributed by atoms with Gasteiger partial charge in [0, 0.05) is 39.3 Å². The number of hydrogen-bond acceptors (Lipinski definition) is 5. The molecule has 1 saturated heterocycles. The molecule has 0 spiro atoms. The van der Waals surface area contributed by atoms with Crippen LogP contribution >= 0.6 is 0 Å². The maximum atomic E-state index is 12.8. The third-order valence-corrected chi connectivity index (χ3v) is 6.15. The van der Waals surface area contributed by atoms with Crippen LogP contribution in [0.15, 0.2) is 23.6 Å². The fourth-order valence-electron chi connectivity index (χ4n) is 2.96. The lowest BCUT2D eigenvalue weighted by Crippen LogP contribution is -2.40. The standard InChI is InChI=1S/C14H22N6O2S/c1-3-19-10-13(8-16-19)23(21,22)20-6-4-5-12(9-20)7-14-17-15-11-18(14)2/h8,10-12H,3-7,9H2,1-2H3. The number of rotatable bonds is 5. The van der Waals surface area contributed by atoms with Crippen molar-refractivity contribution in [2.24, 2.45) is 13.0 Å². The molecule has 2 aromatic rings. The van der Waals surface area contributed by atoms with Crippen LogP contribution in [-0.2, 0) is 30.0 Å². The predicted molar refractivity (Wildman–Crippen MR) is 84.1 cm³/mol. The van der Waals surface area contributed by atoms with Crippen LogP contribution in [0.25, 0.3) is 0 Å². The van der Waals surface area contributed by atoms with Crippen LogP contribution in [0.3, 0.4) is 0 Å². The van der Waals surface area contributed by atoms with Gasteiger partial charge < -0.3 is 4.57 Å². The van der Waals surface area contributed by atoms with Crippen LogP contribution in [0.5, 0.6) is 0 Å². The lowest BCUT2D eigenvalue weighted by Gasteiger charge is -2.31. The normalized spacial score (nSPS) is 20.0. The highest BCUT2D eigenvalue weighted by atomic mass is 32.2. The molecule has 1 aliphatic rings. The first kappa shape index (κ1) is 16.1. The quantitative estimate of drug-likeness (QED) is 0.800. The van der Waals surface area contributed by atoms with Gasteiger partial charge in [-0.05, 0) is 25.7 Å². The molecule has 8 nitrogen and oxygen atoms in total. The molecule has 0 bridgehead atoms. The van der Waals surface area contributed by atoms with Gasteiger partial charge in [0.25, 0.3) is 0 Å². The van der Waals surface area contributed by atoms with E-state index in [1.54, 1.807) is 21.5 Å². The highest BCUT2D eigenvalue weighted by molar-refractivity contribution is 7.89. The van der Waals surface area contributed by atoms with Crippen molar-refractivity contribution in [1.82, 2.24) is 28.9 Å². The average molecular weight is 338 g/mol. The van der Waals surface area contributed by atoms with Gasteiger partial charge >= 0.3 is 0 Å². The van der Waals surface area contributed by atoms with Crippen molar-refractivity contribution in [3.63, 3.8) is 0 Å². The monoisotopic (exact) mass is 338 g/mol. The van der Waals surface area contributed by atoms with Crippen molar-refractivity contribution in [3.05, 3.63) is 24.5 Å². The Morgan fingerprint density at radius 1 is 1.39 bits per heavy atom. The Labute approximate surface area is 136 Å². The Balaban J connectivity index is 1.73. The summed E-state index contributed by atoms with van der Waals surface area (Å²) in [6.07, 6.45) is 7.33. The first-order valence-electron chi connectivity index (χ1n) is 7.86. The molecule has 1 fully saturated rings. The molecular formula is C14H22N6O2S. The molecule has 3 rings (SSSR count). The molecule has 2 aromatic heterocycles. The number of piperidine rings is 1. The molecule has 0 N–H and O–H groups in total. The first-order chi connectivity index (χ1) is 11.0. The van der Waals surface area contributed by atoms with Crippen LogP contribution in [-0.4, -0.2) is 50.4 Å². The summed E-state index contributed by atoms with van der Waals surface area (Å²) in [5.74, 6) is 1.16. The zero-order chi connectivity index (χ0) is 16.4. The summed E-state index contributed by atoms with van der Waals surface area (Å²) in [7, 11) is -1.56. The minimum Gasteiger partial charge on any atom is -0.321 e. The van der Waals surface area contributed by atoms with Crippen molar-refractivity contribution in [2.45, 2.75) is 37.6 Å². The third-order valence-electron chi connectivity index (χ3n) is 4.33. The predicted octanol–water partition coefficient (Wildman–Crippen LogP) is 0.675. The number of hydrogen-bond donors (Lipinski definition) is 0. The van der Waals surface area contributed by atoms with E-state index in [1.807, 2.05) is 18.5 Å². The van der Waals surface area contributed by atoms with Crippen molar-refractivity contribution in [2.75, 3.05) is 13.1 Å². The topological polar surface area (TPSA) is 85.9 Å². The van der Waals surface area contributed by atoms with Gasteiger partial charge in [-0.1, -0.05) is 0 Å². The smallest absolute Gasteiger partial charge is 0.246 e. The second-order valence-electron chi connectivity index (χ2n) is 5.97. The molecule has 0 aliphatic carbocycles. The van der Waals surface area contributed by atoms with Gasteiger partial charge in [0.05, 0.1) is 6.20 Å². The molecule has 0 saturated carbocycles. The van der Waals surface area contributed by atoms with Gasteiger partial charge in [-0.25, -0.2) is 8.42 Å². The fourth-order valence-corrected chi connectivity index (χ4v) is 4.47. The van der Waals surface area contributed by atoms with Crippen LogP contribution in [0.1, 0.15) is 25.6 Å². The third kappa shape index (κ3) is 3.30. The van der Waals surface area contributed by atoms with E-state index in [4.69, 9.17) is 0 Å². The van der Waals surface area contributed by atoms with Gasteiger partial charge in [0.15, 0.2) is 0 Å². The summed E-state index contributed by atoms with van der Waals surface area (Å²) in [5.41, 5.74) is 0. The van der Waals surface area contributed by atoms with Crippen LogP contribution in [0, 0.1) is 5.92 Å². The van der Waals surface area contributed by atoms with E-state index < -0.39 is 10.0 Å². The largest absolute Gasteiger partial charge is 0.321 e. The zero-order valence-electron chi connectivity index (χ0n) is 13.5. The molecule has 3 heterocycles. The van der Waals surface area contributed by atoms with Crippen molar-refractivity contribution in [1.29, 1.82) is 0 Å². The highest BCUT2D eigenvalue weighted by Gasteiger charge is 2.31. The molecule has 23 heavy (non-hydrogen) atoms. The maximum absolute atomic E-state index is 12.8. The highest BCUT2D eigenvalue weighted by Crippen LogP contribution is 2.25. The molecule has 1 unspecified atom stereocenters. The minimum atomic E-state index is -3.47. The summed E-state index contributed by atoms with van der Waals surface area (Å²) in [6.45, 7) is 3.67. The minimum absolute atomic E-state index is 0.266. The van der Waals surface area contributed by atoms with Crippen LogP contribution in [0.2, 0.25) is 0 Å². The number of sulfonamides is 1. The Hall–Kier alpha value is -1.74. The lowest BCUT2D eigenvalue weighted by atomic mass is 9.96. The molecule has 0 amide bonds. The van der Waals surface area contributed by atoms with E-state index in [-0.39, 0.29) is 10.8 Å². The summed E-state index contributed by atoms with van der Waals surface area (Å²) in [5, 5.41) is 12.1. The Bertz CT molecular complexity index is 766. The van der Waals surface area contributed by atoms with Gasteiger partial charge in [0.2, 0.25) is 10.0 Å². The maximum Gasteiger partial charge on any atom is 0.246 e. The molecule has 1 aliphatic heterocycles. The van der Waals surface area contributed by atoms with Gasteiger partial charge in [-0.3, -0.25) is 4.68 Å². The van der Waals surface area contributed by atoms with Gasteiger partial charge in [-0.2, -0.15) is 9.40 Å². The second-order valence-corrected chi connectivity index (χ2v) is 7.90. The van der Waals surface area contributed by atoms with Gasteiger partial charge in [-0.15, -0.1) is 10.2 Å². The van der Waals surface area contributed by atoms with E-state index in [2.05, 4.69) is 15.3 Å². The molecule has 0 radical (unpaired) electrons. The Morgan fingerprint density at radius 2 is 2.22 bits per heavy atom. The average Bonchev–Trinajstić information content (AvgIpc) is 3.18. The first-order valence-corrected chi connectivity index (χ1v) is 9.30. The number of nitrogens with zero attached hydrogens (tertiary/aromatic N) is 6. The van der Waals surface area contributed by atoms with E-state index in [0.29, 0.717) is 19.6 Å². The van der Waals surface area contributed by atoms with Crippen LogP contribution in [0.4, 0.5) is 0 Å². The second kappa shape index (κ2) is 6.40. The van der Waals surface area contributed by atoms with E-state index in [1.165, 1.54) is 6.20 Å². The molecule has 9 heteroatoms. The Kier molecular flexibility index (Phi) is 4.49. The van der Waals surface area contributed by atoms with E-state index >= 15 is 0 Å². The van der Waals surface area contributed by atoms with Crippen molar-refractivity contribution in [3.8, 4) is 0 Å². The summed E-state index contributed by atoms with van der Waals surface area (Å²) in [6, 6.07) is 0. The zero-order valence-corrected chi connectivity index (χ0v) is 14.3. The summed E-state index contributed by atoms with van der Waals surface area (Å²) in [4.78, 5) is 0.277. The van der Waals surface area contributed by atoms with Crippen molar-refractivity contribution < 1.29 is 8.42 Å². The Morgan fingerprint density at radius 3 is 2.87 bits per heavy atom.